The largest absolute Gasteiger partial charge is 0.294 e. The summed E-state index contributed by atoms with van der Waals surface area (Å²) in [4.78, 5) is 33.0. The molecule has 0 saturated carbocycles. The molecule has 0 atom stereocenters. The van der Waals surface area contributed by atoms with E-state index in [-0.39, 0.29) is 67.4 Å². The molecule has 0 saturated heterocycles. The number of nitrogens with zero attached hydrogens (tertiary/aromatic N) is 2. The van der Waals surface area contributed by atoms with E-state index in [1.165, 1.54) is 22.3 Å². The van der Waals surface area contributed by atoms with Gasteiger partial charge in [0.15, 0.2) is 11.6 Å². The van der Waals surface area contributed by atoms with Crippen molar-refractivity contribution in [2.45, 2.75) is 6.42 Å². The van der Waals surface area contributed by atoms with Crippen LogP contribution < -0.4 is 0 Å². The third-order valence-electron chi connectivity index (χ3n) is 7.30. The summed E-state index contributed by atoms with van der Waals surface area (Å²) >= 11 is 0. The SMILES string of the molecule is O=C(CC(=O)c1ccccc1)c1ccccc1.[Eu].c1ccc(-c2ccnc3c2ccc2c(-c4ccccc4)ccnc23)cc1. The van der Waals surface area contributed by atoms with Gasteiger partial charge >= 0.3 is 0 Å². The predicted octanol–water partition coefficient (Wildman–Crippen LogP) is 9.26. The zero-order chi connectivity index (χ0) is 29.4. The molecule has 0 aliphatic heterocycles. The topological polar surface area (TPSA) is 59.9 Å². The molecule has 0 unspecified atom stereocenters. The summed E-state index contributed by atoms with van der Waals surface area (Å²) in [5.74, 6) is -0.279. The van der Waals surface area contributed by atoms with E-state index in [1.807, 2.05) is 36.7 Å². The quantitative estimate of drug-likeness (QED) is 0.0982. The second-order valence-electron chi connectivity index (χ2n) is 10.1. The standard InChI is InChI=1S/C24H16N2.C15H12O2.Eu/c1-3-7-17(8-4-1)19-13-15-25-23-21(19)11-12-22-20(14-16-26-24(22)23)18-9-5-2-6-10-18;16-14(12-7-3-1-4-8-12)11-15(17)13-9-5-2-6-10-13;/h1-16H;1-10H,11H2;. The maximum atomic E-state index is 11.8. The Morgan fingerprint density at radius 1 is 0.432 bits per heavy atom. The van der Waals surface area contributed by atoms with Gasteiger partial charge in [-0.1, -0.05) is 133 Å². The minimum Gasteiger partial charge on any atom is -0.294 e. The van der Waals surface area contributed by atoms with Gasteiger partial charge in [-0.2, -0.15) is 0 Å². The minimum absolute atomic E-state index is 0. The average molecular weight is 709 g/mol. The fraction of sp³-hybridized carbons (Fsp3) is 0.0256. The van der Waals surface area contributed by atoms with Crippen LogP contribution in [0.15, 0.2) is 158 Å². The van der Waals surface area contributed by atoms with Gasteiger partial charge in [0, 0.05) is 83.7 Å². The number of aromatic nitrogens is 2. The van der Waals surface area contributed by atoms with Gasteiger partial charge in [-0.15, -0.1) is 0 Å². The molecule has 4 nitrogen and oxygen atoms in total. The number of ketones is 2. The first kappa shape index (κ1) is 31.3. The molecular formula is C39H28EuN2O2. The summed E-state index contributed by atoms with van der Waals surface area (Å²) in [5.41, 5.74) is 7.81. The van der Waals surface area contributed by atoms with E-state index in [0.29, 0.717) is 11.1 Å². The number of hydrogen-bond donors (Lipinski definition) is 0. The van der Waals surface area contributed by atoms with E-state index < -0.39 is 0 Å². The summed E-state index contributed by atoms with van der Waals surface area (Å²) in [6.07, 6.45) is 3.68. The normalized spacial score (nSPS) is 10.4. The summed E-state index contributed by atoms with van der Waals surface area (Å²) in [6.45, 7) is 0. The second-order valence-corrected chi connectivity index (χ2v) is 10.1. The Bertz CT molecular complexity index is 1870. The molecule has 5 heteroatoms. The first-order chi connectivity index (χ1) is 21.2. The number of carbonyl (C=O) groups excluding carboxylic acids is 2. The van der Waals surface area contributed by atoms with Gasteiger partial charge in [0.05, 0.1) is 17.5 Å². The summed E-state index contributed by atoms with van der Waals surface area (Å²) in [5, 5.41) is 2.26. The number of hydrogen-bond acceptors (Lipinski definition) is 4. The third kappa shape index (κ3) is 7.14. The number of pyridine rings is 2. The van der Waals surface area contributed by atoms with Crippen molar-refractivity contribution < 1.29 is 59.0 Å². The second kappa shape index (κ2) is 15.0. The van der Waals surface area contributed by atoms with Crippen LogP contribution in [0.2, 0.25) is 0 Å². The average Bonchev–Trinajstić information content (AvgIpc) is 3.09. The molecule has 7 aromatic rings. The minimum atomic E-state index is -0.139. The van der Waals surface area contributed by atoms with Crippen molar-refractivity contribution in [1.29, 1.82) is 0 Å². The van der Waals surface area contributed by atoms with Gasteiger partial charge in [-0.05, 0) is 34.4 Å². The Morgan fingerprint density at radius 3 is 1.14 bits per heavy atom. The van der Waals surface area contributed by atoms with Crippen LogP contribution in [0.4, 0.5) is 0 Å². The van der Waals surface area contributed by atoms with Crippen molar-refractivity contribution in [3.8, 4) is 22.3 Å². The predicted molar refractivity (Wildman–Crippen MR) is 174 cm³/mol. The number of carbonyl (C=O) groups is 2. The molecule has 0 N–H and O–H groups in total. The van der Waals surface area contributed by atoms with Gasteiger partial charge in [-0.25, -0.2) is 0 Å². The molecule has 0 spiro atoms. The van der Waals surface area contributed by atoms with Crippen LogP contribution in [0, 0.1) is 49.4 Å². The van der Waals surface area contributed by atoms with Crippen molar-refractivity contribution in [2.75, 3.05) is 0 Å². The summed E-state index contributed by atoms with van der Waals surface area (Å²) < 4.78 is 0. The van der Waals surface area contributed by atoms with Crippen molar-refractivity contribution in [1.82, 2.24) is 9.97 Å². The summed E-state index contributed by atoms with van der Waals surface area (Å²) in [7, 11) is 0. The molecule has 0 bridgehead atoms. The molecular weight excluding hydrogens is 680 g/mol. The molecule has 1 radical (unpaired) electrons. The smallest absolute Gasteiger partial charge is 0.170 e. The van der Waals surface area contributed by atoms with Crippen LogP contribution in [0.5, 0.6) is 0 Å². The van der Waals surface area contributed by atoms with E-state index in [2.05, 4.69) is 82.8 Å². The molecule has 44 heavy (non-hydrogen) atoms. The molecule has 2 aromatic heterocycles. The Kier molecular flexibility index (Phi) is 10.7. The zero-order valence-electron chi connectivity index (χ0n) is 23.8. The molecule has 5 aromatic carbocycles. The monoisotopic (exact) mass is 709 g/mol. The van der Waals surface area contributed by atoms with Crippen molar-refractivity contribution in [3.05, 3.63) is 169 Å². The molecule has 0 aliphatic rings. The van der Waals surface area contributed by atoms with E-state index in [1.54, 1.807) is 48.5 Å². The van der Waals surface area contributed by atoms with E-state index in [9.17, 15) is 9.59 Å². The van der Waals surface area contributed by atoms with Crippen molar-refractivity contribution >= 4 is 33.4 Å². The van der Waals surface area contributed by atoms with E-state index >= 15 is 0 Å². The number of rotatable bonds is 6. The van der Waals surface area contributed by atoms with Gasteiger partial charge in [-0.3, -0.25) is 19.6 Å². The molecule has 0 amide bonds. The van der Waals surface area contributed by atoms with Gasteiger partial charge in [0.25, 0.3) is 0 Å². The third-order valence-corrected chi connectivity index (χ3v) is 7.30. The number of fused-ring (bicyclic) bond motifs is 3. The van der Waals surface area contributed by atoms with Crippen LogP contribution >= 0.6 is 0 Å². The maximum Gasteiger partial charge on any atom is 0.170 e. The Hall–Kier alpha value is -4.16. The summed E-state index contributed by atoms with van der Waals surface area (Å²) in [6, 6.07) is 47.1. The van der Waals surface area contributed by atoms with E-state index in [0.717, 1.165) is 21.8 Å². The van der Waals surface area contributed by atoms with E-state index in [4.69, 9.17) is 0 Å². The molecule has 213 valence electrons. The molecule has 0 fully saturated rings. The van der Waals surface area contributed by atoms with Crippen molar-refractivity contribution in [3.63, 3.8) is 0 Å². The first-order valence-electron chi connectivity index (χ1n) is 14.1. The van der Waals surface area contributed by atoms with Crippen LogP contribution in [0.3, 0.4) is 0 Å². The number of benzene rings is 5. The van der Waals surface area contributed by atoms with Crippen LogP contribution in [0.25, 0.3) is 44.1 Å². The van der Waals surface area contributed by atoms with Gasteiger partial charge in [0.1, 0.15) is 0 Å². The Balaban J connectivity index is 0.000000187. The van der Waals surface area contributed by atoms with Crippen LogP contribution in [-0.4, -0.2) is 21.5 Å². The molecule has 7 rings (SSSR count). The molecule has 0 aliphatic carbocycles. The zero-order valence-corrected chi connectivity index (χ0v) is 26.2. The fourth-order valence-corrected chi connectivity index (χ4v) is 5.16. The Morgan fingerprint density at radius 2 is 0.773 bits per heavy atom. The van der Waals surface area contributed by atoms with Gasteiger partial charge in [0.2, 0.25) is 0 Å². The van der Waals surface area contributed by atoms with Gasteiger partial charge < -0.3 is 0 Å². The number of Topliss-reactive ketones (excluding diaryl/α,β-unsaturated/α-hetero) is 2. The molecule has 2 heterocycles. The van der Waals surface area contributed by atoms with Crippen molar-refractivity contribution in [2.24, 2.45) is 0 Å². The van der Waals surface area contributed by atoms with Crippen LogP contribution in [0.1, 0.15) is 27.1 Å². The maximum absolute atomic E-state index is 11.8. The first-order valence-corrected chi connectivity index (χ1v) is 14.1. The fourth-order valence-electron chi connectivity index (χ4n) is 5.16. The Labute approximate surface area is 297 Å². The van der Waals surface area contributed by atoms with Crippen LogP contribution in [-0.2, 0) is 0 Å².